The van der Waals surface area contributed by atoms with E-state index in [-0.39, 0.29) is 18.2 Å². The van der Waals surface area contributed by atoms with E-state index in [9.17, 15) is 13.2 Å². The zero-order chi connectivity index (χ0) is 12.9. The minimum absolute atomic E-state index is 0.0730. The molecule has 0 saturated carbocycles. The van der Waals surface area contributed by atoms with Gasteiger partial charge >= 0.3 is 6.18 Å². The van der Waals surface area contributed by atoms with E-state index in [4.69, 9.17) is 22.7 Å². The monoisotopic (exact) mass is 263 g/mol. The molecule has 6 heteroatoms. The highest BCUT2D eigenvalue weighted by atomic mass is 32.1. The molecule has 0 amide bonds. The Morgan fingerprint density at radius 2 is 1.94 bits per heavy atom. The Hall–Kier alpha value is -1.14. The lowest BCUT2D eigenvalue weighted by Crippen LogP contribution is -2.14. The lowest BCUT2D eigenvalue weighted by atomic mass is 10.1. The van der Waals surface area contributed by atoms with Crippen molar-refractivity contribution in [2.24, 2.45) is 5.73 Å². The Labute approximate surface area is 103 Å². The van der Waals surface area contributed by atoms with Crippen molar-refractivity contribution in [3.05, 3.63) is 35.4 Å². The van der Waals surface area contributed by atoms with Crippen molar-refractivity contribution in [1.29, 1.82) is 0 Å². The average molecular weight is 263 g/mol. The van der Waals surface area contributed by atoms with Crippen LogP contribution in [0.4, 0.5) is 13.2 Å². The molecule has 2 N–H and O–H groups in total. The van der Waals surface area contributed by atoms with E-state index in [0.29, 0.717) is 11.1 Å². The van der Waals surface area contributed by atoms with Crippen LogP contribution < -0.4 is 5.73 Å². The molecule has 0 saturated heterocycles. The second-order valence-corrected chi connectivity index (χ2v) is 3.88. The maximum absolute atomic E-state index is 11.9. The Kier molecular flexibility index (Phi) is 4.89. The normalized spacial score (nSPS) is 11.5. The Morgan fingerprint density at radius 3 is 2.53 bits per heavy atom. The third-order valence-corrected chi connectivity index (χ3v) is 2.29. The van der Waals surface area contributed by atoms with E-state index in [1.807, 2.05) is 0 Å². The van der Waals surface area contributed by atoms with Crippen LogP contribution in [0.3, 0.4) is 0 Å². The molecule has 0 heterocycles. The lowest BCUT2D eigenvalue weighted by Gasteiger charge is -2.10. The zero-order valence-corrected chi connectivity index (χ0v) is 9.77. The topological polar surface area (TPSA) is 35.2 Å². The summed E-state index contributed by atoms with van der Waals surface area (Å²) >= 11 is 4.83. The summed E-state index contributed by atoms with van der Waals surface area (Å²) in [7, 11) is 0. The molecule has 17 heavy (non-hydrogen) atoms. The quantitative estimate of drug-likeness (QED) is 0.655. The molecule has 0 bridgehead atoms. The van der Waals surface area contributed by atoms with Gasteiger partial charge in [-0.25, -0.2) is 0 Å². The predicted molar refractivity (Wildman–Crippen MR) is 62.7 cm³/mol. The maximum atomic E-state index is 11.9. The predicted octanol–water partition coefficient (Wildman–Crippen LogP) is 2.79. The van der Waals surface area contributed by atoms with Gasteiger partial charge in [0.2, 0.25) is 0 Å². The van der Waals surface area contributed by atoms with Crippen LogP contribution in [0.2, 0.25) is 0 Å². The van der Waals surface area contributed by atoms with Gasteiger partial charge in [0, 0.05) is 5.56 Å². The minimum atomic E-state index is -4.19. The van der Waals surface area contributed by atoms with Gasteiger partial charge in [-0.15, -0.1) is 0 Å². The molecule has 0 atom stereocenters. The van der Waals surface area contributed by atoms with Crippen LogP contribution in [0.25, 0.3) is 0 Å². The minimum Gasteiger partial charge on any atom is -0.389 e. The van der Waals surface area contributed by atoms with E-state index < -0.39 is 12.6 Å². The van der Waals surface area contributed by atoms with Crippen LogP contribution in [-0.4, -0.2) is 17.8 Å². The summed E-state index contributed by atoms with van der Waals surface area (Å²) in [5.41, 5.74) is 6.81. The number of benzene rings is 1. The molecule has 0 aromatic heterocycles. The molecule has 94 valence electrons. The highest BCUT2D eigenvalue weighted by Gasteiger charge is 2.26. The first-order valence-corrected chi connectivity index (χ1v) is 5.33. The third-order valence-electron chi connectivity index (χ3n) is 2.07. The first-order valence-electron chi connectivity index (χ1n) is 4.92. The molecular weight excluding hydrogens is 251 g/mol. The number of thiocarbonyl (C=S) groups is 1. The van der Waals surface area contributed by atoms with Gasteiger partial charge in [0.25, 0.3) is 0 Å². The molecule has 1 rings (SSSR count). The third kappa shape index (κ3) is 5.14. The van der Waals surface area contributed by atoms with Crippen molar-refractivity contribution in [3.63, 3.8) is 0 Å². The molecule has 0 radical (unpaired) electrons. The van der Waals surface area contributed by atoms with Gasteiger partial charge in [0.1, 0.15) is 4.99 Å². The van der Waals surface area contributed by atoms with Crippen molar-refractivity contribution < 1.29 is 17.9 Å². The summed E-state index contributed by atoms with van der Waals surface area (Å²) in [5.74, 6) is 0. The Bertz CT molecular complexity index is 393. The molecule has 0 fully saturated rings. The van der Waals surface area contributed by atoms with Gasteiger partial charge in [-0.3, -0.25) is 0 Å². The summed E-state index contributed by atoms with van der Waals surface area (Å²) in [6.07, 6.45) is -5.15. The molecule has 0 spiro atoms. The Morgan fingerprint density at radius 1 is 1.29 bits per heavy atom. The number of halogens is 3. The van der Waals surface area contributed by atoms with E-state index in [1.165, 1.54) is 0 Å². The molecular formula is C11H12F3NOS. The molecule has 1 aromatic rings. The van der Waals surface area contributed by atoms with Crippen molar-refractivity contribution in [2.75, 3.05) is 6.61 Å². The molecule has 2 nitrogen and oxygen atoms in total. The largest absolute Gasteiger partial charge is 0.391 e. The van der Waals surface area contributed by atoms with Crippen LogP contribution in [-0.2, 0) is 11.3 Å². The van der Waals surface area contributed by atoms with Gasteiger partial charge in [0.05, 0.1) is 19.6 Å². The van der Waals surface area contributed by atoms with Crippen LogP contribution in [0, 0.1) is 0 Å². The summed E-state index contributed by atoms with van der Waals surface area (Å²) in [6.45, 7) is -0.293. The van der Waals surface area contributed by atoms with Crippen LogP contribution >= 0.6 is 12.2 Å². The SMILES string of the molecule is NC(=S)c1ccccc1COCCC(F)(F)F. The van der Waals surface area contributed by atoms with Gasteiger partial charge in [-0.2, -0.15) is 13.2 Å². The van der Waals surface area contributed by atoms with Crippen molar-refractivity contribution >= 4 is 17.2 Å². The first-order chi connectivity index (χ1) is 7.90. The molecule has 1 aromatic carbocycles. The Balaban J connectivity index is 2.49. The number of ether oxygens (including phenoxy) is 1. The second-order valence-electron chi connectivity index (χ2n) is 3.44. The van der Waals surface area contributed by atoms with E-state index in [2.05, 4.69) is 0 Å². The highest BCUT2D eigenvalue weighted by Crippen LogP contribution is 2.19. The van der Waals surface area contributed by atoms with E-state index >= 15 is 0 Å². The zero-order valence-electron chi connectivity index (χ0n) is 8.96. The molecule has 0 aliphatic carbocycles. The summed E-state index contributed by atoms with van der Waals surface area (Å²) in [5, 5.41) is 0. The second kappa shape index (κ2) is 5.97. The van der Waals surface area contributed by atoms with Crippen molar-refractivity contribution in [1.82, 2.24) is 0 Å². The average Bonchev–Trinajstić information content (AvgIpc) is 2.23. The molecule has 0 aliphatic heterocycles. The number of hydrogen-bond donors (Lipinski definition) is 1. The summed E-state index contributed by atoms with van der Waals surface area (Å²) in [6, 6.07) is 6.95. The fourth-order valence-corrected chi connectivity index (χ4v) is 1.46. The highest BCUT2D eigenvalue weighted by molar-refractivity contribution is 7.80. The van der Waals surface area contributed by atoms with Gasteiger partial charge in [0.15, 0.2) is 0 Å². The number of rotatable bonds is 5. The summed E-state index contributed by atoms with van der Waals surface area (Å²) in [4.78, 5) is 0.208. The van der Waals surface area contributed by atoms with Gasteiger partial charge in [-0.1, -0.05) is 36.5 Å². The molecule has 0 aliphatic rings. The van der Waals surface area contributed by atoms with Crippen LogP contribution in [0.1, 0.15) is 17.5 Å². The van der Waals surface area contributed by atoms with E-state index in [0.717, 1.165) is 0 Å². The van der Waals surface area contributed by atoms with Gasteiger partial charge < -0.3 is 10.5 Å². The van der Waals surface area contributed by atoms with Crippen molar-refractivity contribution in [2.45, 2.75) is 19.2 Å². The maximum Gasteiger partial charge on any atom is 0.391 e. The standard InChI is InChI=1S/C11H12F3NOS/c12-11(13,14)5-6-16-7-8-3-1-2-4-9(8)10(15)17/h1-4H,5-7H2,(H2,15,17). The first kappa shape index (κ1) is 13.9. The number of alkyl halides is 3. The van der Waals surface area contributed by atoms with Gasteiger partial charge in [-0.05, 0) is 5.56 Å². The fraction of sp³-hybridized carbons (Fsp3) is 0.364. The van der Waals surface area contributed by atoms with Crippen LogP contribution in [0.15, 0.2) is 24.3 Å². The van der Waals surface area contributed by atoms with Crippen LogP contribution in [0.5, 0.6) is 0 Å². The number of hydrogen-bond acceptors (Lipinski definition) is 2. The fourth-order valence-electron chi connectivity index (χ4n) is 1.26. The summed E-state index contributed by atoms with van der Waals surface area (Å²) < 4.78 is 40.6. The molecule has 0 unspecified atom stereocenters. The smallest absolute Gasteiger partial charge is 0.389 e. The van der Waals surface area contributed by atoms with E-state index in [1.54, 1.807) is 24.3 Å². The number of nitrogens with two attached hydrogens (primary N) is 1. The lowest BCUT2D eigenvalue weighted by molar-refractivity contribution is -0.146. The van der Waals surface area contributed by atoms with Crippen molar-refractivity contribution in [3.8, 4) is 0 Å².